The van der Waals surface area contributed by atoms with E-state index in [1.807, 2.05) is 24.3 Å². The summed E-state index contributed by atoms with van der Waals surface area (Å²) in [5, 5.41) is 14.9. The van der Waals surface area contributed by atoms with Crippen LogP contribution in [0.4, 0.5) is 5.69 Å². The van der Waals surface area contributed by atoms with Gasteiger partial charge in [-0.05, 0) is 36.2 Å². The molecule has 2 rings (SSSR count). The Morgan fingerprint density at radius 3 is 2.67 bits per heavy atom. The van der Waals surface area contributed by atoms with Crippen LogP contribution < -0.4 is 5.32 Å². The Morgan fingerprint density at radius 2 is 1.95 bits per heavy atom. The summed E-state index contributed by atoms with van der Waals surface area (Å²) in [6.07, 6.45) is 0. The van der Waals surface area contributed by atoms with E-state index >= 15 is 0 Å². The molecule has 2 aromatic rings. The fourth-order valence-electron chi connectivity index (χ4n) is 2.07. The number of nitro groups is 1. The standard InChI is InChI=1S/C15H14BrClN2O2/c1-10-11(3-2-4-15(10)19(20)21)8-18-9-12-7-13(17)5-6-14(12)16/h2-7,18H,8-9H2,1H3. The van der Waals surface area contributed by atoms with Crippen LogP contribution in [0.15, 0.2) is 40.9 Å². The molecule has 2 aromatic carbocycles. The average Bonchev–Trinajstić information content (AvgIpc) is 2.44. The summed E-state index contributed by atoms with van der Waals surface area (Å²) in [7, 11) is 0. The monoisotopic (exact) mass is 368 g/mol. The molecule has 6 heteroatoms. The number of halogens is 2. The van der Waals surface area contributed by atoms with Crippen LogP contribution in [0.2, 0.25) is 5.02 Å². The largest absolute Gasteiger partial charge is 0.309 e. The molecule has 0 fully saturated rings. The molecular weight excluding hydrogens is 356 g/mol. The predicted molar refractivity (Wildman–Crippen MR) is 87.5 cm³/mol. The average molecular weight is 370 g/mol. The highest BCUT2D eigenvalue weighted by Gasteiger charge is 2.12. The fourth-order valence-corrected chi connectivity index (χ4v) is 2.65. The summed E-state index contributed by atoms with van der Waals surface area (Å²) in [4.78, 5) is 10.6. The van der Waals surface area contributed by atoms with Crippen LogP contribution in [0.5, 0.6) is 0 Å². The summed E-state index contributed by atoms with van der Waals surface area (Å²) in [5.74, 6) is 0. The molecule has 0 bridgehead atoms. The minimum atomic E-state index is -0.355. The molecule has 110 valence electrons. The SMILES string of the molecule is Cc1c(CNCc2cc(Cl)ccc2Br)cccc1[N+](=O)[O-]. The van der Waals surface area contributed by atoms with Crippen LogP contribution in [0.3, 0.4) is 0 Å². The van der Waals surface area contributed by atoms with E-state index in [9.17, 15) is 10.1 Å². The Labute approximate surface area is 136 Å². The van der Waals surface area contributed by atoms with E-state index in [0.717, 1.165) is 15.6 Å². The summed E-state index contributed by atoms with van der Waals surface area (Å²) in [6, 6.07) is 10.7. The molecule has 4 nitrogen and oxygen atoms in total. The smallest absolute Gasteiger partial charge is 0.272 e. The van der Waals surface area contributed by atoms with Crippen LogP contribution in [-0.4, -0.2) is 4.92 Å². The predicted octanol–water partition coefficient (Wildman–Crippen LogP) is 4.61. The second kappa shape index (κ2) is 7.02. The molecule has 0 saturated heterocycles. The number of rotatable bonds is 5. The first-order valence-electron chi connectivity index (χ1n) is 6.36. The van der Waals surface area contributed by atoms with E-state index < -0.39 is 0 Å². The molecule has 0 heterocycles. The van der Waals surface area contributed by atoms with Gasteiger partial charge >= 0.3 is 0 Å². The highest BCUT2D eigenvalue weighted by atomic mass is 79.9. The van der Waals surface area contributed by atoms with Gasteiger partial charge in [0.1, 0.15) is 0 Å². The third-order valence-electron chi connectivity index (χ3n) is 3.25. The van der Waals surface area contributed by atoms with E-state index in [4.69, 9.17) is 11.6 Å². The third kappa shape index (κ3) is 4.03. The number of nitro benzene ring substituents is 1. The lowest BCUT2D eigenvalue weighted by Crippen LogP contribution is -2.14. The molecular formula is C15H14BrClN2O2. The van der Waals surface area contributed by atoms with Crippen LogP contribution in [0.1, 0.15) is 16.7 Å². The molecule has 0 spiro atoms. The molecule has 0 aliphatic carbocycles. The molecule has 0 saturated carbocycles. The van der Waals surface area contributed by atoms with Gasteiger partial charge in [0.25, 0.3) is 5.69 Å². The van der Waals surface area contributed by atoms with Gasteiger partial charge in [-0.25, -0.2) is 0 Å². The summed E-state index contributed by atoms with van der Waals surface area (Å²) in [6.45, 7) is 2.96. The van der Waals surface area contributed by atoms with Crippen molar-refractivity contribution >= 4 is 33.2 Å². The molecule has 0 atom stereocenters. The van der Waals surface area contributed by atoms with Crippen molar-refractivity contribution < 1.29 is 4.92 Å². The van der Waals surface area contributed by atoms with Crippen LogP contribution >= 0.6 is 27.5 Å². The van der Waals surface area contributed by atoms with Gasteiger partial charge in [-0.3, -0.25) is 10.1 Å². The second-order valence-electron chi connectivity index (χ2n) is 4.66. The van der Waals surface area contributed by atoms with Crippen molar-refractivity contribution in [2.75, 3.05) is 0 Å². The molecule has 0 radical (unpaired) electrons. The van der Waals surface area contributed by atoms with Crippen molar-refractivity contribution in [3.8, 4) is 0 Å². The lowest BCUT2D eigenvalue weighted by molar-refractivity contribution is -0.385. The number of hydrogen-bond acceptors (Lipinski definition) is 3. The summed E-state index contributed by atoms with van der Waals surface area (Å²) in [5.41, 5.74) is 2.81. The van der Waals surface area contributed by atoms with Gasteiger partial charge in [-0.2, -0.15) is 0 Å². The molecule has 0 amide bonds. The molecule has 0 aliphatic rings. The van der Waals surface area contributed by atoms with E-state index in [2.05, 4.69) is 21.2 Å². The lowest BCUT2D eigenvalue weighted by Gasteiger charge is -2.09. The van der Waals surface area contributed by atoms with E-state index in [0.29, 0.717) is 23.7 Å². The number of nitrogens with zero attached hydrogens (tertiary/aromatic N) is 1. The molecule has 21 heavy (non-hydrogen) atoms. The zero-order chi connectivity index (χ0) is 15.4. The minimum absolute atomic E-state index is 0.151. The van der Waals surface area contributed by atoms with Crippen LogP contribution in [-0.2, 0) is 13.1 Å². The summed E-state index contributed by atoms with van der Waals surface area (Å²) >= 11 is 9.44. The van der Waals surface area contributed by atoms with Crippen molar-refractivity contribution in [2.45, 2.75) is 20.0 Å². The highest BCUT2D eigenvalue weighted by Crippen LogP contribution is 2.23. The van der Waals surface area contributed by atoms with Gasteiger partial charge in [-0.15, -0.1) is 0 Å². The first-order chi connectivity index (χ1) is 9.99. The zero-order valence-corrected chi connectivity index (χ0v) is 13.7. The number of hydrogen-bond donors (Lipinski definition) is 1. The maximum Gasteiger partial charge on any atom is 0.272 e. The normalized spacial score (nSPS) is 10.6. The van der Waals surface area contributed by atoms with E-state index in [1.54, 1.807) is 13.0 Å². The zero-order valence-electron chi connectivity index (χ0n) is 11.4. The Kier molecular flexibility index (Phi) is 5.33. The maximum atomic E-state index is 10.9. The first kappa shape index (κ1) is 15.9. The molecule has 0 unspecified atom stereocenters. The van der Waals surface area contributed by atoms with Crippen LogP contribution in [0.25, 0.3) is 0 Å². The Bertz CT molecular complexity index is 677. The number of benzene rings is 2. The van der Waals surface area contributed by atoms with E-state index in [-0.39, 0.29) is 10.6 Å². The lowest BCUT2D eigenvalue weighted by atomic mass is 10.1. The maximum absolute atomic E-state index is 10.9. The number of nitrogens with one attached hydrogen (secondary N) is 1. The quantitative estimate of drug-likeness (QED) is 0.618. The molecule has 0 aromatic heterocycles. The second-order valence-corrected chi connectivity index (χ2v) is 5.95. The van der Waals surface area contributed by atoms with Crippen LogP contribution in [0, 0.1) is 17.0 Å². The van der Waals surface area contributed by atoms with Crippen molar-refractivity contribution in [1.29, 1.82) is 0 Å². The Morgan fingerprint density at radius 1 is 1.24 bits per heavy atom. The van der Waals surface area contributed by atoms with Gasteiger partial charge in [0.2, 0.25) is 0 Å². The van der Waals surface area contributed by atoms with Crippen molar-refractivity contribution in [1.82, 2.24) is 5.32 Å². The van der Waals surface area contributed by atoms with Gasteiger partial charge in [0.05, 0.1) is 4.92 Å². The van der Waals surface area contributed by atoms with E-state index in [1.165, 1.54) is 6.07 Å². The Hall–Kier alpha value is -1.43. The van der Waals surface area contributed by atoms with Crippen molar-refractivity contribution in [3.05, 3.63) is 72.7 Å². The first-order valence-corrected chi connectivity index (χ1v) is 7.53. The Balaban J connectivity index is 2.05. The van der Waals surface area contributed by atoms with Gasteiger partial charge in [-0.1, -0.05) is 39.7 Å². The van der Waals surface area contributed by atoms with Crippen molar-refractivity contribution in [3.63, 3.8) is 0 Å². The minimum Gasteiger partial charge on any atom is -0.309 e. The van der Waals surface area contributed by atoms with Crippen molar-refractivity contribution in [2.24, 2.45) is 0 Å². The van der Waals surface area contributed by atoms with Gasteiger partial charge < -0.3 is 5.32 Å². The van der Waals surface area contributed by atoms with Gasteiger partial charge in [0.15, 0.2) is 0 Å². The van der Waals surface area contributed by atoms with Gasteiger partial charge in [0, 0.05) is 34.2 Å². The molecule has 1 N–H and O–H groups in total. The summed E-state index contributed by atoms with van der Waals surface area (Å²) < 4.78 is 0.982. The fraction of sp³-hybridized carbons (Fsp3) is 0.200. The molecule has 0 aliphatic heterocycles. The topological polar surface area (TPSA) is 55.2 Å². The third-order valence-corrected chi connectivity index (χ3v) is 4.26. The highest BCUT2D eigenvalue weighted by molar-refractivity contribution is 9.10.